The van der Waals surface area contributed by atoms with Crippen LogP contribution in [0.2, 0.25) is 0 Å². The first kappa shape index (κ1) is 28.9. The summed E-state index contributed by atoms with van der Waals surface area (Å²) < 4.78 is 79.5. The Balaban J connectivity index is 0.000000303. The smallest absolute Gasteiger partial charge is 0.351 e. The molecule has 0 unspecified atom stereocenters. The van der Waals surface area contributed by atoms with Crippen LogP contribution in [0.3, 0.4) is 0 Å². The molecule has 2 aromatic carbocycles. The van der Waals surface area contributed by atoms with Gasteiger partial charge in [0.2, 0.25) is 0 Å². The number of pyridine rings is 1. The molecule has 3 rings (SSSR count). The summed E-state index contributed by atoms with van der Waals surface area (Å²) in [6, 6.07) is 12.2. The zero-order chi connectivity index (χ0) is 25.9. The number of carbonyl (C=O) groups is 1. The van der Waals surface area contributed by atoms with Crippen LogP contribution in [0.5, 0.6) is 0 Å². The fourth-order valence-electron chi connectivity index (χ4n) is 2.26. The highest BCUT2D eigenvalue weighted by atomic mass is 32.2. The average molecular weight is 553 g/mol. The molecule has 4 nitrogen and oxygen atoms in total. The van der Waals surface area contributed by atoms with Crippen molar-refractivity contribution in [3.05, 3.63) is 89.7 Å². The Kier molecular flexibility index (Phi) is 11.3. The number of aromatic nitrogens is 1. The van der Waals surface area contributed by atoms with Crippen molar-refractivity contribution in [3.63, 3.8) is 0 Å². The Morgan fingerprint density at radius 2 is 1.34 bits per heavy atom. The number of rotatable bonds is 7. The van der Waals surface area contributed by atoms with Crippen molar-refractivity contribution in [3.8, 4) is 0 Å². The molecule has 1 N–H and O–H groups in total. The largest absolute Gasteiger partial charge is 0.416 e. The molecule has 3 aromatic rings. The molecule has 0 aliphatic heterocycles. The van der Waals surface area contributed by atoms with E-state index in [9.17, 15) is 31.1 Å². The summed E-state index contributed by atoms with van der Waals surface area (Å²) in [5, 5.41) is 2.69. The lowest BCUT2D eigenvalue weighted by atomic mass is 10.2. The number of carbonyl (C=O) groups excluding carboxylic acids is 1. The second-order valence-corrected chi connectivity index (χ2v) is 8.77. The van der Waals surface area contributed by atoms with Gasteiger partial charge in [-0.2, -0.15) is 39.0 Å². The zero-order valence-corrected chi connectivity index (χ0v) is 20.2. The van der Waals surface area contributed by atoms with Gasteiger partial charge in [-0.05, 0) is 60.7 Å². The molecule has 0 aliphatic carbocycles. The number of alkyl halides is 6. The minimum absolute atomic E-state index is 0.0999. The van der Waals surface area contributed by atoms with E-state index >= 15 is 0 Å². The van der Waals surface area contributed by atoms with Crippen LogP contribution in [-0.2, 0) is 16.0 Å². The molecule has 0 aliphatic rings. The number of hydrogen-bond acceptors (Lipinski definition) is 6. The standard InChI is InChI=1S/C14H8F6OS2.C8H10N2OS/c15-13(16,17)9-1-5-11(6-2-9)22-21-23-12-7-3-10(4-8-12)14(18,19)20;11-8(10-4-5-12)7-2-1-3-9-6-7/h1-8H;1-3,6,12H,4-5H2,(H,10,11). The number of nitrogens with zero attached hydrogens (tertiary/aromatic N) is 1. The number of thiol groups is 1. The van der Waals surface area contributed by atoms with Crippen molar-refractivity contribution in [2.45, 2.75) is 22.1 Å². The minimum atomic E-state index is -4.40. The van der Waals surface area contributed by atoms with Crippen molar-refractivity contribution >= 4 is 42.6 Å². The Morgan fingerprint density at radius 3 is 1.71 bits per heavy atom. The lowest BCUT2D eigenvalue weighted by Crippen LogP contribution is -2.25. The number of halogens is 6. The minimum Gasteiger partial charge on any atom is -0.351 e. The van der Waals surface area contributed by atoms with Crippen LogP contribution in [0, 0.1) is 0 Å². The molecule has 0 bridgehead atoms. The maximum atomic E-state index is 12.4. The van der Waals surface area contributed by atoms with Crippen LogP contribution in [0.1, 0.15) is 21.5 Å². The van der Waals surface area contributed by atoms with Gasteiger partial charge >= 0.3 is 12.4 Å². The topological polar surface area (TPSA) is 51.2 Å². The van der Waals surface area contributed by atoms with E-state index in [1.165, 1.54) is 30.5 Å². The fourth-order valence-corrected chi connectivity index (χ4v) is 3.63. The maximum absolute atomic E-state index is 12.4. The van der Waals surface area contributed by atoms with Crippen LogP contribution in [0.4, 0.5) is 26.3 Å². The van der Waals surface area contributed by atoms with Crippen LogP contribution >= 0.6 is 36.7 Å². The predicted molar refractivity (Wildman–Crippen MR) is 126 cm³/mol. The summed E-state index contributed by atoms with van der Waals surface area (Å²) >= 11 is 5.61. The van der Waals surface area contributed by atoms with Gasteiger partial charge in [0.25, 0.3) is 5.91 Å². The van der Waals surface area contributed by atoms with Crippen molar-refractivity contribution in [2.75, 3.05) is 12.3 Å². The van der Waals surface area contributed by atoms with Crippen LogP contribution in [0.15, 0.2) is 82.8 Å². The van der Waals surface area contributed by atoms with E-state index < -0.39 is 23.5 Å². The second-order valence-electron chi connectivity index (χ2n) is 6.50. The van der Waals surface area contributed by atoms with Gasteiger partial charge in [-0.15, -0.1) is 0 Å². The molecule has 0 atom stereocenters. The van der Waals surface area contributed by atoms with Gasteiger partial charge in [-0.3, -0.25) is 9.78 Å². The molecule has 188 valence electrons. The van der Waals surface area contributed by atoms with Gasteiger partial charge in [0.1, 0.15) is 0 Å². The van der Waals surface area contributed by atoms with Gasteiger partial charge in [-0.25, -0.2) is 3.63 Å². The molecule has 1 aromatic heterocycles. The molecule has 1 heterocycles. The summed E-state index contributed by atoms with van der Waals surface area (Å²) in [5.41, 5.74) is -0.950. The third-order valence-electron chi connectivity index (χ3n) is 3.94. The Bertz CT molecular complexity index is 991. The van der Waals surface area contributed by atoms with E-state index in [-0.39, 0.29) is 5.91 Å². The normalized spacial score (nSPS) is 11.4. The number of nitrogens with one attached hydrogen (secondary N) is 1. The maximum Gasteiger partial charge on any atom is 0.416 e. The van der Waals surface area contributed by atoms with E-state index in [1.807, 2.05) is 0 Å². The molecule has 0 spiro atoms. The van der Waals surface area contributed by atoms with E-state index in [1.54, 1.807) is 18.3 Å². The van der Waals surface area contributed by atoms with Gasteiger partial charge in [-0.1, -0.05) is 0 Å². The van der Waals surface area contributed by atoms with Crippen molar-refractivity contribution in [1.29, 1.82) is 0 Å². The van der Waals surface area contributed by atoms with Crippen molar-refractivity contribution in [2.24, 2.45) is 0 Å². The van der Waals surface area contributed by atoms with E-state index in [0.29, 0.717) is 27.7 Å². The first-order valence-electron chi connectivity index (χ1n) is 9.65. The highest BCUT2D eigenvalue weighted by Crippen LogP contribution is 2.35. The highest BCUT2D eigenvalue weighted by molar-refractivity contribution is 8.07. The molecule has 35 heavy (non-hydrogen) atoms. The summed E-state index contributed by atoms with van der Waals surface area (Å²) in [6.07, 6.45) is -5.64. The third kappa shape index (κ3) is 10.4. The van der Waals surface area contributed by atoms with Crippen LogP contribution in [-0.4, -0.2) is 23.2 Å². The molecule has 0 saturated carbocycles. The summed E-state index contributed by atoms with van der Waals surface area (Å²) in [7, 11) is 0. The van der Waals surface area contributed by atoms with Crippen LogP contribution < -0.4 is 5.32 Å². The van der Waals surface area contributed by atoms with E-state index in [2.05, 4.69) is 22.9 Å². The average Bonchev–Trinajstić information content (AvgIpc) is 2.83. The summed E-state index contributed by atoms with van der Waals surface area (Å²) in [5.74, 6) is 0.545. The van der Waals surface area contributed by atoms with Gasteiger partial charge < -0.3 is 5.32 Å². The predicted octanol–water partition coefficient (Wildman–Crippen LogP) is 7.20. The number of amides is 1. The second kappa shape index (κ2) is 13.7. The van der Waals surface area contributed by atoms with E-state index in [0.717, 1.165) is 48.4 Å². The van der Waals surface area contributed by atoms with Gasteiger partial charge in [0, 0.05) is 58.6 Å². The summed E-state index contributed by atoms with van der Waals surface area (Å²) in [4.78, 5) is 15.9. The lowest BCUT2D eigenvalue weighted by Gasteiger charge is -2.08. The van der Waals surface area contributed by atoms with Crippen molar-refractivity contribution < 1.29 is 34.8 Å². The fraction of sp³-hybridized carbons (Fsp3) is 0.182. The Hall–Kier alpha value is -2.35. The molecule has 13 heteroatoms. The zero-order valence-electron chi connectivity index (χ0n) is 17.6. The SMILES string of the molecule is FC(F)(F)c1ccc(SOSc2ccc(C(F)(F)F)cc2)cc1.O=C(NCCS)c1cccnc1. The molecule has 0 saturated heterocycles. The number of hydrogen-bond donors (Lipinski definition) is 2. The molecular weight excluding hydrogens is 534 g/mol. The first-order valence-corrected chi connectivity index (χ1v) is 11.8. The first-order chi connectivity index (χ1) is 16.5. The molecule has 0 fully saturated rings. The molecule has 0 radical (unpaired) electrons. The highest BCUT2D eigenvalue weighted by Gasteiger charge is 2.30. The summed E-state index contributed by atoms with van der Waals surface area (Å²) in [6.45, 7) is 0.580. The quantitative estimate of drug-likeness (QED) is 0.185. The lowest BCUT2D eigenvalue weighted by molar-refractivity contribution is -0.138. The van der Waals surface area contributed by atoms with Gasteiger partial charge in [0.05, 0.1) is 16.7 Å². The molecule has 1 amide bonds. The Morgan fingerprint density at radius 1 is 0.857 bits per heavy atom. The van der Waals surface area contributed by atoms with Gasteiger partial charge in [0.15, 0.2) is 0 Å². The van der Waals surface area contributed by atoms with Crippen LogP contribution in [0.25, 0.3) is 0 Å². The molecular formula is C22H18F6N2O2S3. The van der Waals surface area contributed by atoms with E-state index in [4.69, 9.17) is 3.63 Å². The van der Waals surface area contributed by atoms with Crippen molar-refractivity contribution in [1.82, 2.24) is 10.3 Å². The monoisotopic (exact) mass is 552 g/mol. The Labute approximate surface area is 211 Å². The number of benzene rings is 2. The third-order valence-corrected chi connectivity index (χ3v) is 5.64.